The van der Waals surface area contributed by atoms with E-state index in [1.54, 1.807) is 24.3 Å². The molecule has 1 aromatic carbocycles. The first kappa shape index (κ1) is 15.5. The number of hydrogen-bond donors (Lipinski definition) is 2. The molecule has 2 rings (SSSR count). The van der Waals surface area contributed by atoms with E-state index in [0.29, 0.717) is 18.3 Å². The van der Waals surface area contributed by atoms with Crippen LogP contribution >= 0.6 is 0 Å². The summed E-state index contributed by atoms with van der Waals surface area (Å²) in [5.41, 5.74) is 1.65. The Bertz CT molecular complexity index is 503. The molecule has 114 valence electrons. The first-order chi connectivity index (χ1) is 10.0. The van der Waals surface area contributed by atoms with E-state index in [-0.39, 0.29) is 11.5 Å². The lowest BCUT2D eigenvalue weighted by Crippen LogP contribution is -2.30. The van der Waals surface area contributed by atoms with Crippen LogP contribution < -0.4 is 5.32 Å². The zero-order valence-corrected chi connectivity index (χ0v) is 12.5. The van der Waals surface area contributed by atoms with Crippen LogP contribution in [-0.2, 0) is 11.2 Å². The summed E-state index contributed by atoms with van der Waals surface area (Å²) in [6.45, 7) is 2.99. The molecule has 1 fully saturated rings. The maximum Gasteiger partial charge on any atom is 0.335 e. The van der Waals surface area contributed by atoms with Gasteiger partial charge in [-0.15, -0.1) is 0 Å². The number of aryl methyl sites for hydroxylation is 1. The van der Waals surface area contributed by atoms with Crippen LogP contribution in [0.1, 0.15) is 54.9 Å². The van der Waals surface area contributed by atoms with Crippen LogP contribution in [0.4, 0.5) is 0 Å². The molecule has 1 aromatic rings. The van der Waals surface area contributed by atoms with Crippen molar-refractivity contribution in [3.63, 3.8) is 0 Å². The summed E-state index contributed by atoms with van der Waals surface area (Å²) in [4.78, 5) is 22.6. The van der Waals surface area contributed by atoms with E-state index in [1.807, 2.05) is 0 Å². The van der Waals surface area contributed by atoms with Crippen molar-refractivity contribution in [1.29, 1.82) is 0 Å². The van der Waals surface area contributed by atoms with E-state index in [0.717, 1.165) is 12.1 Å². The molecule has 2 N–H and O–H groups in total. The monoisotopic (exact) mass is 289 g/mol. The van der Waals surface area contributed by atoms with Crippen molar-refractivity contribution in [2.75, 3.05) is 6.54 Å². The molecule has 1 aliphatic carbocycles. The zero-order chi connectivity index (χ0) is 15.3. The molecule has 1 saturated carbocycles. The number of carbonyl (C=O) groups is 2. The molecule has 4 nitrogen and oxygen atoms in total. The Balaban J connectivity index is 1.72. The maximum atomic E-state index is 11.9. The fraction of sp³-hybridized carbons (Fsp3) is 0.529. The number of nitrogens with one attached hydrogen (secondary N) is 1. The molecule has 0 heterocycles. The second-order valence-electron chi connectivity index (χ2n) is 6.03. The summed E-state index contributed by atoms with van der Waals surface area (Å²) in [6.07, 6.45) is 5.94. The maximum absolute atomic E-state index is 11.9. The lowest BCUT2D eigenvalue weighted by molar-refractivity contribution is -0.121. The van der Waals surface area contributed by atoms with Gasteiger partial charge in [0.25, 0.3) is 0 Å². The minimum atomic E-state index is -0.926. The molecule has 21 heavy (non-hydrogen) atoms. The SMILES string of the molecule is CCCC1(CNC(=O)CCc2ccc(C(=O)O)cc2)CC1. The van der Waals surface area contributed by atoms with Crippen molar-refractivity contribution in [3.05, 3.63) is 35.4 Å². The Labute approximate surface area is 125 Å². The molecule has 1 amide bonds. The Morgan fingerprint density at radius 3 is 2.43 bits per heavy atom. The number of carbonyl (C=O) groups excluding carboxylic acids is 1. The number of amides is 1. The number of aromatic carboxylic acids is 1. The first-order valence-electron chi connectivity index (χ1n) is 7.64. The molecule has 0 aromatic heterocycles. The van der Waals surface area contributed by atoms with Gasteiger partial charge in [-0.25, -0.2) is 4.79 Å². The van der Waals surface area contributed by atoms with Gasteiger partial charge < -0.3 is 10.4 Å². The number of benzene rings is 1. The normalized spacial score (nSPS) is 15.5. The molecule has 0 bridgehead atoms. The van der Waals surface area contributed by atoms with Gasteiger partial charge in [-0.05, 0) is 48.8 Å². The average molecular weight is 289 g/mol. The van der Waals surface area contributed by atoms with Crippen molar-refractivity contribution in [2.24, 2.45) is 5.41 Å². The Morgan fingerprint density at radius 2 is 1.90 bits per heavy atom. The highest BCUT2D eigenvalue weighted by atomic mass is 16.4. The standard InChI is InChI=1S/C17H23NO3/c1-2-9-17(10-11-17)12-18-15(19)8-5-13-3-6-14(7-4-13)16(20)21/h3-4,6-7H,2,5,8-12H2,1H3,(H,18,19)(H,20,21). The highest BCUT2D eigenvalue weighted by molar-refractivity contribution is 5.87. The quantitative estimate of drug-likeness (QED) is 0.773. The number of rotatable bonds is 8. The van der Waals surface area contributed by atoms with E-state index < -0.39 is 5.97 Å². The predicted octanol–water partition coefficient (Wildman–Crippen LogP) is 3.01. The molecule has 0 saturated heterocycles. The Hall–Kier alpha value is -1.84. The summed E-state index contributed by atoms with van der Waals surface area (Å²) in [5, 5.41) is 11.9. The lowest BCUT2D eigenvalue weighted by Gasteiger charge is -2.14. The van der Waals surface area contributed by atoms with Gasteiger partial charge in [0.2, 0.25) is 5.91 Å². The van der Waals surface area contributed by atoms with Crippen LogP contribution in [0.2, 0.25) is 0 Å². The van der Waals surface area contributed by atoms with Gasteiger partial charge >= 0.3 is 5.97 Å². The van der Waals surface area contributed by atoms with Gasteiger partial charge in [-0.1, -0.05) is 25.5 Å². The van der Waals surface area contributed by atoms with E-state index in [1.165, 1.54) is 25.7 Å². The Morgan fingerprint density at radius 1 is 1.24 bits per heavy atom. The van der Waals surface area contributed by atoms with E-state index in [9.17, 15) is 9.59 Å². The third-order valence-electron chi connectivity index (χ3n) is 4.24. The third kappa shape index (κ3) is 4.59. The molecule has 0 radical (unpaired) electrons. The van der Waals surface area contributed by atoms with Gasteiger partial charge in [0.05, 0.1) is 5.56 Å². The predicted molar refractivity (Wildman–Crippen MR) is 81.3 cm³/mol. The number of carboxylic acids is 1. The largest absolute Gasteiger partial charge is 0.478 e. The lowest BCUT2D eigenvalue weighted by atomic mass is 10.0. The van der Waals surface area contributed by atoms with E-state index in [2.05, 4.69) is 12.2 Å². The van der Waals surface area contributed by atoms with Crippen molar-refractivity contribution in [2.45, 2.75) is 45.4 Å². The molecular formula is C17H23NO3. The van der Waals surface area contributed by atoms with Crippen LogP contribution in [0.3, 0.4) is 0 Å². The fourth-order valence-electron chi connectivity index (χ4n) is 2.67. The van der Waals surface area contributed by atoms with E-state index in [4.69, 9.17) is 5.11 Å². The molecule has 0 atom stereocenters. The van der Waals surface area contributed by atoms with Gasteiger partial charge in [-0.3, -0.25) is 4.79 Å². The van der Waals surface area contributed by atoms with Crippen LogP contribution in [0.5, 0.6) is 0 Å². The average Bonchev–Trinajstić information content (AvgIpc) is 3.24. The third-order valence-corrected chi connectivity index (χ3v) is 4.24. The molecule has 0 unspecified atom stereocenters. The summed E-state index contributed by atoms with van der Waals surface area (Å²) in [7, 11) is 0. The molecule has 1 aliphatic rings. The minimum absolute atomic E-state index is 0.0830. The highest BCUT2D eigenvalue weighted by Crippen LogP contribution is 2.48. The molecular weight excluding hydrogens is 266 g/mol. The summed E-state index contributed by atoms with van der Waals surface area (Å²) < 4.78 is 0. The van der Waals surface area contributed by atoms with Crippen LogP contribution in [0.25, 0.3) is 0 Å². The number of hydrogen-bond acceptors (Lipinski definition) is 2. The first-order valence-corrected chi connectivity index (χ1v) is 7.64. The highest BCUT2D eigenvalue weighted by Gasteiger charge is 2.41. The summed E-state index contributed by atoms with van der Waals surface area (Å²) in [6, 6.07) is 6.71. The smallest absolute Gasteiger partial charge is 0.335 e. The van der Waals surface area contributed by atoms with Crippen molar-refractivity contribution < 1.29 is 14.7 Å². The van der Waals surface area contributed by atoms with E-state index >= 15 is 0 Å². The van der Waals surface area contributed by atoms with Crippen LogP contribution in [-0.4, -0.2) is 23.5 Å². The zero-order valence-electron chi connectivity index (χ0n) is 12.5. The topological polar surface area (TPSA) is 66.4 Å². The van der Waals surface area contributed by atoms with Crippen molar-refractivity contribution in [3.8, 4) is 0 Å². The van der Waals surface area contributed by atoms with Crippen LogP contribution in [0.15, 0.2) is 24.3 Å². The second-order valence-corrected chi connectivity index (χ2v) is 6.03. The number of carboxylic acid groups (broad SMARTS) is 1. The summed E-state index contributed by atoms with van der Waals surface area (Å²) >= 11 is 0. The minimum Gasteiger partial charge on any atom is -0.478 e. The van der Waals surface area contributed by atoms with Gasteiger partial charge in [0.15, 0.2) is 0 Å². The van der Waals surface area contributed by atoms with Crippen molar-refractivity contribution >= 4 is 11.9 Å². The van der Waals surface area contributed by atoms with Crippen LogP contribution in [0, 0.1) is 5.41 Å². The van der Waals surface area contributed by atoms with Crippen molar-refractivity contribution in [1.82, 2.24) is 5.32 Å². The van der Waals surface area contributed by atoms with Gasteiger partial charge in [0.1, 0.15) is 0 Å². The second kappa shape index (κ2) is 6.74. The Kier molecular flexibility index (Phi) is 4.99. The summed E-state index contributed by atoms with van der Waals surface area (Å²) in [5.74, 6) is -0.843. The fourth-order valence-corrected chi connectivity index (χ4v) is 2.67. The molecule has 0 aliphatic heterocycles. The molecule has 4 heteroatoms. The van der Waals surface area contributed by atoms with Gasteiger partial charge in [-0.2, -0.15) is 0 Å². The molecule has 0 spiro atoms. The van der Waals surface area contributed by atoms with Gasteiger partial charge in [0, 0.05) is 13.0 Å².